The minimum Gasteiger partial charge on any atom is -0.337 e. The van der Waals surface area contributed by atoms with Crippen LogP contribution in [-0.2, 0) is 0 Å². The number of rotatable bonds is 10. The minimum absolute atomic E-state index is 0.179. The predicted molar refractivity (Wildman–Crippen MR) is 217 cm³/mol. The van der Waals surface area contributed by atoms with Gasteiger partial charge >= 0.3 is 0 Å². The van der Waals surface area contributed by atoms with Crippen LogP contribution in [0.1, 0.15) is 29.9 Å². The molecule has 1 aliphatic rings. The molecule has 10 heteroatoms. The first-order chi connectivity index (χ1) is 27.2. The molecule has 0 atom stereocenters. The molecule has 0 saturated heterocycles. The Morgan fingerprint density at radius 3 is 1.77 bits per heavy atom. The molecule has 278 valence electrons. The Morgan fingerprint density at radius 2 is 1.18 bits per heavy atom. The van der Waals surface area contributed by atoms with Gasteiger partial charge in [0.2, 0.25) is 0 Å². The summed E-state index contributed by atoms with van der Waals surface area (Å²) in [5.74, 6) is -3.53. The highest BCUT2D eigenvalue weighted by atomic mass is 32.1. The lowest BCUT2D eigenvalue weighted by Gasteiger charge is -2.25. The van der Waals surface area contributed by atoms with Gasteiger partial charge in [0.1, 0.15) is 39.9 Å². The molecule has 1 aliphatic carbocycles. The number of hydrogen-bond acceptors (Lipinski definition) is 5. The second-order valence-electron chi connectivity index (χ2n) is 12.6. The van der Waals surface area contributed by atoms with Crippen LogP contribution in [0.5, 0.6) is 0 Å². The van der Waals surface area contributed by atoms with Crippen LogP contribution in [0.2, 0.25) is 0 Å². The van der Waals surface area contributed by atoms with Crippen LogP contribution in [-0.4, -0.2) is 18.8 Å². The van der Waals surface area contributed by atoms with Gasteiger partial charge in [-0.1, -0.05) is 72.8 Å². The molecule has 1 aromatic heterocycles. The van der Waals surface area contributed by atoms with Crippen molar-refractivity contribution in [1.82, 2.24) is 0 Å². The molecule has 56 heavy (non-hydrogen) atoms. The summed E-state index contributed by atoms with van der Waals surface area (Å²) in [7, 11) is 0. The Bertz CT molecular complexity index is 2520. The second kappa shape index (κ2) is 16.4. The number of benzene rings is 5. The van der Waals surface area contributed by atoms with E-state index in [0.29, 0.717) is 44.4 Å². The van der Waals surface area contributed by atoms with E-state index in [1.54, 1.807) is 61.6 Å². The molecule has 0 fully saturated rings. The van der Waals surface area contributed by atoms with Crippen molar-refractivity contribution in [2.24, 2.45) is 4.99 Å². The minimum atomic E-state index is -0.804. The zero-order chi connectivity index (χ0) is 39.3. The third kappa shape index (κ3) is 7.29. The lowest BCUT2D eigenvalue weighted by molar-refractivity contribution is 0.581. The summed E-state index contributed by atoms with van der Waals surface area (Å²) in [5, 5.41) is 11.4. The van der Waals surface area contributed by atoms with Crippen molar-refractivity contribution in [2.45, 2.75) is 13.8 Å². The van der Waals surface area contributed by atoms with Crippen LogP contribution in [0.3, 0.4) is 0 Å². The molecule has 6 aromatic rings. The van der Waals surface area contributed by atoms with Crippen molar-refractivity contribution in [3.63, 3.8) is 0 Å². The topological polar surface area (TPSA) is 42.6 Å². The molecule has 0 bridgehead atoms. The van der Waals surface area contributed by atoms with E-state index in [2.05, 4.69) is 11.1 Å². The van der Waals surface area contributed by atoms with E-state index in [-0.39, 0.29) is 29.1 Å². The zero-order valence-electron chi connectivity index (χ0n) is 30.3. The number of thiophene rings is 1. The number of hydrogen-bond donors (Lipinski definition) is 0. The van der Waals surface area contributed by atoms with Crippen LogP contribution in [0.15, 0.2) is 150 Å². The highest BCUT2D eigenvalue weighted by molar-refractivity contribution is 7.18. The van der Waals surface area contributed by atoms with Crippen molar-refractivity contribution in [2.75, 3.05) is 22.9 Å². The molecule has 0 amide bonds. The SMILES string of the molecule is CCN(c1ccccc1)c1sc(C(=C2C=CC(=Nc3c(F)cccc3F)C=C2)c2ccc(N(CC)c3c(F)cccc3F)cc2)c(-c2ccccc2F)c1C#N. The van der Waals surface area contributed by atoms with Crippen molar-refractivity contribution in [3.05, 3.63) is 190 Å². The summed E-state index contributed by atoms with van der Waals surface area (Å²) in [5.41, 5.74) is 3.88. The van der Waals surface area contributed by atoms with Crippen molar-refractivity contribution < 1.29 is 22.0 Å². The number of allylic oxidation sites excluding steroid dienone is 5. The number of anilines is 4. The third-order valence-corrected chi connectivity index (χ3v) is 10.6. The molecular weight excluding hydrogens is 736 g/mol. The first kappa shape index (κ1) is 37.7. The van der Waals surface area contributed by atoms with Gasteiger partial charge in [-0.25, -0.2) is 26.9 Å². The predicted octanol–water partition coefficient (Wildman–Crippen LogP) is 13.0. The molecule has 7 rings (SSSR count). The standard InChI is InChI=1S/C46H33F5N4S/c1-3-54(44-39(50)18-11-19-40(44)51)33-26-22-30(23-27-33)41(29-20-24-31(25-21-29)53-43-37(48)16-10-17-38(43)49)45-42(34-14-8-9-15-36(34)47)35(28-52)46(56-45)55(4-2)32-12-6-5-7-13-32/h5-27H,3-4H2,1-2H3. The number of halogens is 5. The molecule has 0 N–H and O–H groups in total. The van der Waals surface area contributed by atoms with E-state index in [4.69, 9.17) is 0 Å². The zero-order valence-corrected chi connectivity index (χ0v) is 31.1. The van der Waals surface area contributed by atoms with Gasteiger partial charge in [0.15, 0.2) is 11.6 Å². The van der Waals surface area contributed by atoms with Crippen molar-refractivity contribution in [3.8, 4) is 17.2 Å². The van der Waals surface area contributed by atoms with Gasteiger partial charge in [0.05, 0.1) is 11.3 Å². The van der Waals surface area contributed by atoms with E-state index in [1.807, 2.05) is 54.3 Å². The van der Waals surface area contributed by atoms with Gasteiger partial charge in [-0.2, -0.15) is 5.26 Å². The molecule has 0 unspecified atom stereocenters. The normalized spacial score (nSPS) is 12.1. The van der Waals surface area contributed by atoms with E-state index >= 15 is 4.39 Å². The Morgan fingerprint density at radius 1 is 0.625 bits per heavy atom. The Balaban J connectivity index is 1.47. The average Bonchev–Trinajstić information content (AvgIpc) is 3.58. The molecule has 0 radical (unpaired) electrons. The first-order valence-electron chi connectivity index (χ1n) is 17.8. The summed E-state index contributed by atoms with van der Waals surface area (Å²) in [6.07, 6.45) is 6.75. The van der Waals surface area contributed by atoms with Crippen LogP contribution in [0, 0.1) is 40.4 Å². The molecular formula is C46H33F5N4S. The van der Waals surface area contributed by atoms with Gasteiger partial charge < -0.3 is 9.80 Å². The second-order valence-corrected chi connectivity index (χ2v) is 13.6. The van der Waals surface area contributed by atoms with Gasteiger partial charge in [-0.15, -0.1) is 11.3 Å². The number of nitrogens with zero attached hydrogens (tertiary/aromatic N) is 4. The third-order valence-electron chi connectivity index (χ3n) is 9.33. The average molecular weight is 769 g/mol. The van der Waals surface area contributed by atoms with Crippen LogP contribution in [0.25, 0.3) is 16.7 Å². The maximum Gasteiger partial charge on any atom is 0.151 e. The van der Waals surface area contributed by atoms with E-state index in [9.17, 15) is 22.8 Å². The fourth-order valence-electron chi connectivity index (χ4n) is 6.74. The fraction of sp³-hybridized carbons (Fsp3) is 0.0870. The van der Waals surface area contributed by atoms with Crippen molar-refractivity contribution in [1.29, 1.82) is 5.26 Å². The number of aliphatic imine (C=N–C) groups is 1. The van der Waals surface area contributed by atoms with Gasteiger partial charge in [-0.05, 0) is 91.7 Å². The summed E-state index contributed by atoms with van der Waals surface area (Å²) < 4.78 is 74.9. The Kier molecular flexibility index (Phi) is 11.1. The molecule has 0 saturated carbocycles. The number of nitriles is 1. The van der Waals surface area contributed by atoms with Crippen LogP contribution < -0.4 is 9.80 Å². The van der Waals surface area contributed by atoms with E-state index in [1.165, 1.54) is 46.6 Å². The van der Waals surface area contributed by atoms with Gasteiger partial charge in [-0.3, -0.25) is 0 Å². The monoisotopic (exact) mass is 768 g/mol. The highest BCUT2D eigenvalue weighted by Gasteiger charge is 2.29. The van der Waals surface area contributed by atoms with Gasteiger partial charge in [0, 0.05) is 46.0 Å². The fourth-order valence-corrected chi connectivity index (χ4v) is 8.18. The van der Waals surface area contributed by atoms with Crippen LogP contribution >= 0.6 is 11.3 Å². The smallest absolute Gasteiger partial charge is 0.151 e. The molecule has 5 aromatic carbocycles. The number of para-hydroxylation sites is 3. The Labute approximate surface area is 325 Å². The molecule has 0 spiro atoms. The summed E-state index contributed by atoms with van der Waals surface area (Å²) in [6.45, 7) is 4.53. The summed E-state index contributed by atoms with van der Waals surface area (Å²) in [4.78, 5) is 8.35. The molecule has 1 heterocycles. The first-order valence-corrected chi connectivity index (χ1v) is 18.7. The maximum absolute atomic E-state index is 15.9. The lowest BCUT2D eigenvalue weighted by Crippen LogP contribution is -2.18. The van der Waals surface area contributed by atoms with E-state index < -0.39 is 34.8 Å². The maximum atomic E-state index is 15.9. The van der Waals surface area contributed by atoms with Crippen molar-refractivity contribution >= 4 is 50.4 Å². The quantitative estimate of drug-likeness (QED) is 0.130. The summed E-state index contributed by atoms with van der Waals surface area (Å²) in [6, 6.07) is 32.6. The molecule has 0 aliphatic heterocycles. The summed E-state index contributed by atoms with van der Waals surface area (Å²) >= 11 is 1.33. The van der Waals surface area contributed by atoms with Crippen LogP contribution in [0.4, 0.5) is 49.7 Å². The largest absolute Gasteiger partial charge is 0.337 e. The highest BCUT2D eigenvalue weighted by Crippen LogP contribution is 2.50. The van der Waals surface area contributed by atoms with Gasteiger partial charge in [0.25, 0.3) is 0 Å². The van der Waals surface area contributed by atoms with E-state index in [0.717, 1.165) is 17.8 Å². The molecule has 4 nitrogen and oxygen atoms in total. The Hall–Kier alpha value is -6.57. The lowest BCUT2D eigenvalue weighted by atomic mass is 9.90.